The minimum absolute atomic E-state index is 0.158. The van der Waals surface area contributed by atoms with Crippen LogP contribution in [0.3, 0.4) is 0 Å². The molecule has 4 rings (SSSR count). The Bertz CT molecular complexity index is 1650. The number of nitrogens with one attached hydrogen (secondary N) is 2. The summed E-state index contributed by atoms with van der Waals surface area (Å²) in [5, 5.41) is 15.0. The lowest BCUT2D eigenvalue weighted by atomic mass is 10.1. The molecule has 0 bridgehead atoms. The van der Waals surface area contributed by atoms with Crippen molar-refractivity contribution in [2.75, 3.05) is 58.7 Å². The zero-order valence-electron chi connectivity index (χ0n) is 31.8. The molecule has 0 aliphatic heterocycles. The number of amides is 1. The molecule has 1 atom stereocenters. The van der Waals surface area contributed by atoms with Gasteiger partial charge in [0.25, 0.3) is 5.91 Å². The maximum atomic E-state index is 13.1. The lowest BCUT2D eigenvalue weighted by Crippen LogP contribution is -2.26. The smallest absolute Gasteiger partial charge is 0.305 e. The molecule has 1 amide bonds. The van der Waals surface area contributed by atoms with E-state index in [-0.39, 0.29) is 17.9 Å². The highest BCUT2D eigenvalue weighted by atomic mass is 16.5. The fourth-order valence-electron chi connectivity index (χ4n) is 5.47. The van der Waals surface area contributed by atoms with Crippen molar-refractivity contribution in [1.29, 1.82) is 0 Å². The molecule has 0 fully saturated rings. The number of hydrogen-bond donors (Lipinski definition) is 2. The number of ether oxygens (including phenoxy) is 5. The van der Waals surface area contributed by atoms with Gasteiger partial charge in [-0.05, 0) is 81.0 Å². The number of benzene rings is 2. The third-order valence-corrected chi connectivity index (χ3v) is 8.67. The molecule has 2 N–H and O–H groups in total. The number of carbonyl (C=O) groups is 2. The van der Waals surface area contributed by atoms with Crippen molar-refractivity contribution in [1.82, 2.24) is 30.0 Å². The zero-order valence-corrected chi connectivity index (χ0v) is 31.8. The van der Waals surface area contributed by atoms with Crippen LogP contribution >= 0.6 is 0 Å². The summed E-state index contributed by atoms with van der Waals surface area (Å²) < 4.78 is 29.2. The van der Waals surface area contributed by atoms with E-state index >= 15 is 0 Å². The average molecular weight is 746 g/mol. The molecule has 4 aromatic rings. The van der Waals surface area contributed by atoms with Crippen LogP contribution < -0.4 is 15.4 Å². The molecule has 292 valence electrons. The molecule has 2 heterocycles. The van der Waals surface area contributed by atoms with Crippen molar-refractivity contribution in [3.63, 3.8) is 0 Å². The van der Waals surface area contributed by atoms with Crippen LogP contribution in [-0.2, 0) is 37.3 Å². The minimum atomic E-state index is -0.183. The molecule has 0 saturated carbocycles. The Hall–Kier alpha value is -4.92. The second-order valence-electron chi connectivity index (χ2n) is 12.8. The molecule has 14 nitrogen and oxygen atoms in total. The Morgan fingerprint density at radius 3 is 2.17 bits per heavy atom. The van der Waals surface area contributed by atoms with Crippen LogP contribution in [0.25, 0.3) is 11.5 Å². The highest BCUT2D eigenvalue weighted by Crippen LogP contribution is 2.20. The fraction of sp³-hybridized carbons (Fsp3) is 0.500. The number of esters is 1. The zero-order chi connectivity index (χ0) is 38.2. The van der Waals surface area contributed by atoms with Crippen molar-refractivity contribution >= 4 is 17.6 Å². The van der Waals surface area contributed by atoms with Gasteiger partial charge in [0.05, 0.1) is 52.7 Å². The van der Waals surface area contributed by atoms with Gasteiger partial charge in [-0.25, -0.2) is 9.97 Å². The third kappa shape index (κ3) is 15.2. The standard InChI is InChI=1S/C40H55N7O7/c1-31(44-40(49)33-12-11-13-34(28-33)42-29-37-45-46-39(47(37)2)36-19-20-41-30-43-36)32-15-17-35(18-16-32)54-23-10-5-4-8-21-51-24-26-53-27-25-52-22-9-6-7-14-38(48)50-3/h11-13,15-20,28,30-31,42H,4-10,14,21-27,29H2,1-3H3,(H,44,49)/t31-/m1/s1. The van der Waals surface area contributed by atoms with Crippen LogP contribution in [0.2, 0.25) is 0 Å². The number of carbonyl (C=O) groups excluding carboxylic acids is 2. The predicted molar refractivity (Wildman–Crippen MR) is 205 cm³/mol. The SMILES string of the molecule is COC(=O)CCCCCOCCOCCOCCCCCCOc1ccc([C@@H](C)NC(=O)c2cccc(NCc3nnc(-c4ccncn4)n3C)c2)cc1. The molecular weight excluding hydrogens is 690 g/mol. The Morgan fingerprint density at radius 2 is 1.48 bits per heavy atom. The summed E-state index contributed by atoms with van der Waals surface area (Å²) in [5.41, 5.74) is 3.05. The quantitative estimate of drug-likeness (QED) is 0.0534. The predicted octanol–water partition coefficient (Wildman–Crippen LogP) is 6.10. The van der Waals surface area contributed by atoms with Crippen LogP contribution in [0.15, 0.2) is 67.1 Å². The number of hydrogen-bond acceptors (Lipinski definition) is 12. The van der Waals surface area contributed by atoms with Crippen LogP contribution in [0.5, 0.6) is 5.75 Å². The van der Waals surface area contributed by atoms with Gasteiger partial charge in [0.1, 0.15) is 17.8 Å². The first-order chi connectivity index (χ1) is 26.4. The first-order valence-electron chi connectivity index (χ1n) is 18.8. The van der Waals surface area contributed by atoms with E-state index in [9.17, 15) is 9.59 Å². The van der Waals surface area contributed by atoms with Gasteiger partial charge < -0.3 is 38.9 Å². The maximum Gasteiger partial charge on any atom is 0.305 e. The van der Waals surface area contributed by atoms with Gasteiger partial charge in [0.15, 0.2) is 11.6 Å². The van der Waals surface area contributed by atoms with E-state index in [1.807, 2.05) is 61.0 Å². The fourth-order valence-corrected chi connectivity index (χ4v) is 5.47. The lowest BCUT2D eigenvalue weighted by molar-refractivity contribution is -0.140. The summed E-state index contributed by atoms with van der Waals surface area (Å²) in [6, 6.07) is 16.9. The summed E-state index contributed by atoms with van der Waals surface area (Å²) in [4.78, 5) is 32.4. The monoisotopic (exact) mass is 745 g/mol. The number of unbranched alkanes of at least 4 members (excludes halogenated alkanes) is 5. The topological polar surface area (TPSA) is 161 Å². The Labute approximate surface area is 318 Å². The van der Waals surface area contributed by atoms with Gasteiger partial charge in [0, 0.05) is 44.1 Å². The Balaban J connectivity index is 1.01. The van der Waals surface area contributed by atoms with Gasteiger partial charge >= 0.3 is 5.97 Å². The van der Waals surface area contributed by atoms with Crippen molar-refractivity contribution in [2.45, 2.75) is 70.9 Å². The van der Waals surface area contributed by atoms with E-state index in [0.29, 0.717) is 69.7 Å². The van der Waals surface area contributed by atoms with Gasteiger partial charge in [-0.3, -0.25) is 9.59 Å². The van der Waals surface area contributed by atoms with E-state index < -0.39 is 0 Å². The molecule has 0 saturated heterocycles. The number of methoxy groups -OCH3 is 1. The van der Waals surface area contributed by atoms with E-state index in [4.69, 9.17) is 18.9 Å². The molecule has 2 aromatic heterocycles. The largest absolute Gasteiger partial charge is 0.494 e. The highest BCUT2D eigenvalue weighted by Gasteiger charge is 2.14. The maximum absolute atomic E-state index is 13.1. The summed E-state index contributed by atoms with van der Waals surface area (Å²) in [6.45, 7) is 6.72. The number of rotatable bonds is 27. The van der Waals surface area contributed by atoms with E-state index in [1.165, 1.54) is 13.4 Å². The van der Waals surface area contributed by atoms with E-state index in [1.54, 1.807) is 18.3 Å². The van der Waals surface area contributed by atoms with Crippen LogP contribution in [0.1, 0.15) is 86.1 Å². The average Bonchev–Trinajstić information content (AvgIpc) is 3.57. The van der Waals surface area contributed by atoms with Crippen LogP contribution in [0, 0.1) is 0 Å². The third-order valence-electron chi connectivity index (χ3n) is 8.67. The minimum Gasteiger partial charge on any atom is -0.494 e. The van der Waals surface area contributed by atoms with Gasteiger partial charge in [-0.15, -0.1) is 10.2 Å². The molecule has 14 heteroatoms. The second-order valence-corrected chi connectivity index (χ2v) is 12.8. The second kappa shape index (κ2) is 24.4. The van der Waals surface area contributed by atoms with E-state index in [2.05, 4.69) is 35.5 Å². The summed E-state index contributed by atoms with van der Waals surface area (Å²) in [6.07, 6.45) is 10.5. The molecule has 0 radical (unpaired) electrons. The van der Waals surface area contributed by atoms with Crippen molar-refractivity contribution < 1.29 is 33.3 Å². The van der Waals surface area contributed by atoms with Crippen molar-refractivity contribution in [3.8, 4) is 17.3 Å². The Morgan fingerprint density at radius 1 is 0.796 bits per heavy atom. The molecule has 54 heavy (non-hydrogen) atoms. The molecule has 2 aromatic carbocycles. The van der Waals surface area contributed by atoms with Crippen molar-refractivity contribution in [3.05, 3.63) is 84.1 Å². The van der Waals surface area contributed by atoms with Crippen LogP contribution in [0.4, 0.5) is 5.69 Å². The molecule has 0 unspecified atom stereocenters. The first kappa shape index (κ1) is 41.8. The van der Waals surface area contributed by atoms with Gasteiger partial charge in [-0.1, -0.05) is 31.0 Å². The summed E-state index contributed by atoms with van der Waals surface area (Å²) >= 11 is 0. The normalized spacial score (nSPS) is 11.6. The molecule has 0 aliphatic carbocycles. The van der Waals surface area contributed by atoms with Crippen LogP contribution in [-0.4, -0.2) is 90.0 Å². The summed E-state index contributed by atoms with van der Waals surface area (Å²) in [7, 11) is 3.30. The molecular formula is C40H55N7O7. The van der Waals surface area contributed by atoms with E-state index in [0.717, 1.165) is 74.4 Å². The summed E-state index contributed by atoms with van der Waals surface area (Å²) in [5.74, 6) is 1.88. The molecule has 0 spiro atoms. The molecule has 0 aliphatic rings. The number of aromatic nitrogens is 5. The lowest BCUT2D eigenvalue weighted by Gasteiger charge is -2.16. The van der Waals surface area contributed by atoms with Gasteiger partial charge in [-0.2, -0.15) is 0 Å². The van der Waals surface area contributed by atoms with Crippen molar-refractivity contribution in [2.24, 2.45) is 7.05 Å². The van der Waals surface area contributed by atoms with Gasteiger partial charge in [0.2, 0.25) is 0 Å². The number of anilines is 1. The highest BCUT2D eigenvalue weighted by molar-refractivity contribution is 5.95. The number of nitrogens with zero attached hydrogens (tertiary/aromatic N) is 5. The first-order valence-corrected chi connectivity index (χ1v) is 18.8. The Kier molecular flexibility index (Phi) is 18.9.